The smallest absolute Gasteiger partial charge is 0.146 e. The number of halogens is 3. The van der Waals surface area contributed by atoms with E-state index in [2.05, 4.69) is 0 Å². The quantitative estimate of drug-likeness (QED) is 0.284. The third-order valence-electron chi connectivity index (χ3n) is 1.25. The van der Waals surface area contributed by atoms with Crippen LogP contribution in [0.1, 0.15) is 19.3 Å². The minimum atomic E-state index is -1.81. The summed E-state index contributed by atoms with van der Waals surface area (Å²) in [5, 5.41) is 0. The predicted octanol–water partition coefficient (Wildman–Crippen LogP) is 3.95. The fourth-order valence-corrected chi connectivity index (χ4v) is 2.57. The molecule has 0 amide bonds. The Morgan fingerprint density at radius 3 is 2.10 bits per heavy atom. The summed E-state index contributed by atoms with van der Waals surface area (Å²) in [6, 6.07) is 0.993. The molecule has 0 atom stereocenters. The van der Waals surface area contributed by atoms with E-state index in [1.807, 2.05) is 6.55 Å². The van der Waals surface area contributed by atoms with Gasteiger partial charge in [-0.1, -0.05) is 12.8 Å². The van der Waals surface area contributed by atoms with E-state index in [0.717, 1.165) is 31.2 Å². The van der Waals surface area contributed by atoms with Gasteiger partial charge in [-0.05, 0) is 19.0 Å². The molecule has 0 aromatic carbocycles. The highest BCUT2D eigenvalue weighted by atomic mass is 35.7. The Bertz CT molecular complexity index is 79.6. The number of rotatable bonds is 5. The van der Waals surface area contributed by atoms with Crippen LogP contribution in [0.3, 0.4) is 0 Å². The van der Waals surface area contributed by atoms with Crippen LogP contribution in [-0.4, -0.2) is 12.6 Å². The van der Waals surface area contributed by atoms with Crippen molar-refractivity contribution in [3.63, 3.8) is 0 Å². The number of unbranched alkanes of at least 4 members (excludes halogenated alkanes) is 2. The zero-order chi connectivity index (χ0) is 8.04. The van der Waals surface area contributed by atoms with Crippen molar-refractivity contribution in [1.29, 1.82) is 0 Å². The van der Waals surface area contributed by atoms with Crippen LogP contribution in [0.4, 0.5) is 0 Å². The van der Waals surface area contributed by atoms with E-state index < -0.39 is 6.69 Å². The standard InChI is InChI=1S/C6H13Cl3Si/c1-10(8,9)6-4-2-3-5-7/h2-6H2,1H3. The van der Waals surface area contributed by atoms with E-state index in [0.29, 0.717) is 0 Å². The second-order valence-corrected chi connectivity index (χ2v) is 11.2. The van der Waals surface area contributed by atoms with Gasteiger partial charge in [-0.3, -0.25) is 0 Å². The van der Waals surface area contributed by atoms with Gasteiger partial charge < -0.3 is 0 Å². The van der Waals surface area contributed by atoms with Gasteiger partial charge in [0.1, 0.15) is 0 Å². The molecule has 4 heteroatoms. The Balaban J connectivity index is 3.04. The summed E-state index contributed by atoms with van der Waals surface area (Å²) in [6.45, 7) is 0.149. The fraction of sp³-hybridized carbons (Fsp3) is 1.00. The average molecular weight is 220 g/mol. The third kappa shape index (κ3) is 9.09. The second kappa shape index (κ2) is 5.70. The molecule has 0 nitrogen and oxygen atoms in total. The Hall–Kier alpha value is 1.09. The van der Waals surface area contributed by atoms with Crippen molar-refractivity contribution in [2.24, 2.45) is 0 Å². The lowest BCUT2D eigenvalue weighted by atomic mass is 10.3. The van der Waals surface area contributed by atoms with Crippen LogP contribution in [-0.2, 0) is 0 Å². The summed E-state index contributed by atoms with van der Waals surface area (Å²) < 4.78 is 0. The maximum absolute atomic E-state index is 5.88. The van der Waals surface area contributed by atoms with Crippen LogP contribution in [0.15, 0.2) is 0 Å². The first kappa shape index (κ1) is 11.1. The predicted molar refractivity (Wildman–Crippen MR) is 52.7 cm³/mol. The summed E-state index contributed by atoms with van der Waals surface area (Å²) in [4.78, 5) is 0. The van der Waals surface area contributed by atoms with E-state index in [4.69, 9.17) is 33.8 Å². The molecule has 0 rings (SSSR count). The molecule has 62 valence electrons. The van der Waals surface area contributed by atoms with E-state index in [9.17, 15) is 0 Å². The largest absolute Gasteiger partial charge is 0.248 e. The summed E-state index contributed by atoms with van der Waals surface area (Å²) >= 11 is 17.3. The van der Waals surface area contributed by atoms with Crippen molar-refractivity contribution in [3.8, 4) is 0 Å². The van der Waals surface area contributed by atoms with Crippen molar-refractivity contribution in [2.75, 3.05) is 5.88 Å². The van der Waals surface area contributed by atoms with Crippen LogP contribution < -0.4 is 0 Å². The topological polar surface area (TPSA) is 0 Å². The highest BCUT2D eigenvalue weighted by Gasteiger charge is 2.19. The van der Waals surface area contributed by atoms with Gasteiger partial charge in [0.25, 0.3) is 0 Å². The molecule has 0 aromatic heterocycles. The maximum atomic E-state index is 5.88. The lowest BCUT2D eigenvalue weighted by Gasteiger charge is -2.08. The van der Waals surface area contributed by atoms with Gasteiger partial charge in [0.05, 0.1) is 0 Å². The van der Waals surface area contributed by atoms with E-state index in [1.165, 1.54) is 0 Å². The lowest BCUT2D eigenvalue weighted by Crippen LogP contribution is -2.11. The van der Waals surface area contributed by atoms with Crippen LogP contribution in [0.25, 0.3) is 0 Å². The highest BCUT2D eigenvalue weighted by molar-refractivity contribution is 7.44. The Labute approximate surface area is 78.3 Å². The number of alkyl halides is 1. The molecular weight excluding hydrogens is 207 g/mol. The van der Waals surface area contributed by atoms with Gasteiger partial charge in [-0.25, -0.2) is 0 Å². The van der Waals surface area contributed by atoms with Crippen LogP contribution in [0, 0.1) is 0 Å². The van der Waals surface area contributed by atoms with E-state index >= 15 is 0 Å². The third-order valence-corrected chi connectivity index (χ3v) is 3.88. The molecule has 0 aromatic rings. The SMILES string of the molecule is C[Si](Cl)(Cl)CCCCCCl. The first-order chi connectivity index (χ1) is 4.56. The second-order valence-electron chi connectivity index (χ2n) is 2.57. The molecule has 0 aliphatic rings. The molecule has 0 aliphatic carbocycles. The molecule has 0 spiro atoms. The summed E-state index contributed by atoms with van der Waals surface area (Å²) in [6.07, 6.45) is 3.37. The number of hydrogen-bond donors (Lipinski definition) is 0. The van der Waals surface area contributed by atoms with Crippen LogP contribution in [0.5, 0.6) is 0 Å². The van der Waals surface area contributed by atoms with Crippen molar-refractivity contribution < 1.29 is 0 Å². The zero-order valence-corrected chi connectivity index (χ0v) is 9.44. The van der Waals surface area contributed by atoms with Crippen LogP contribution in [0.2, 0.25) is 12.6 Å². The van der Waals surface area contributed by atoms with Gasteiger partial charge in [0.15, 0.2) is 0 Å². The molecule has 0 radical (unpaired) electrons. The summed E-state index contributed by atoms with van der Waals surface area (Å²) in [5.74, 6) is 0.753. The van der Waals surface area contributed by atoms with Gasteiger partial charge >= 0.3 is 0 Å². The van der Waals surface area contributed by atoms with Crippen LogP contribution >= 0.6 is 33.8 Å². The molecule has 0 saturated heterocycles. The van der Waals surface area contributed by atoms with Gasteiger partial charge in [-0.2, -0.15) is 0 Å². The molecule has 0 bridgehead atoms. The molecule has 0 aliphatic heterocycles. The molecule has 0 saturated carbocycles. The Morgan fingerprint density at radius 2 is 1.70 bits per heavy atom. The maximum Gasteiger partial charge on any atom is 0.248 e. The monoisotopic (exact) mass is 218 g/mol. The highest BCUT2D eigenvalue weighted by Crippen LogP contribution is 2.22. The van der Waals surface area contributed by atoms with E-state index in [1.54, 1.807) is 0 Å². The normalized spacial score (nSPS) is 12.0. The van der Waals surface area contributed by atoms with Gasteiger partial charge in [-0.15, -0.1) is 33.8 Å². The Morgan fingerprint density at radius 1 is 1.10 bits per heavy atom. The minimum Gasteiger partial charge on any atom is -0.146 e. The number of hydrogen-bond acceptors (Lipinski definition) is 0. The first-order valence-corrected chi connectivity index (χ1v) is 8.76. The lowest BCUT2D eigenvalue weighted by molar-refractivity contribution is 0.771. The van der Waals surface area contributed by atoms with Crippen molar-refractivity contribution >= 4 is 40.5 Å². The van der Waals surface area contributed by atoms with Crippen molar-refractivity contribution in [2.45, 2.75) is 31.9 Å². The zero-order valence-electron chi connectivity index (χ0n) is 6.17. The molecule has 0 fully saturated rings. The van der Waals surface area contributed by atoms with Gasteiger partial charge in [0, 0.05) is 5.88 Å². The fourth-order valence-electron chi connectivity index (χ4n) is 0.707. The molecular formula is C6H13Cl3Si. The summed E-state index contributed by atoms with van der Waals surface area (Å²) in [7, 11) is 0. The molecule has 0 heterocycles. The van der Waals surface area contributed by atoms with E-state index in [-0.39, 0.29) is 0 Å². The Kier molecular flexibility index (Phi) is 6.32. The van der Waals surface area contributed by atoms with Crippen molar-refractivity contribution in [1.82, 2.24) is 0 Å². The minimum absolute atomic E-state index is 0.753. The molecule has 0 N–H and O–H groups in total. The molecule has 0 unspecified atom stereocenters. The van der Waals surface area contributed by atoms with Crippen molar-refractivity contribution in [3.05, 3.63) is 0 Å². The summed E-state index contributed by atoms with van der Waals surface area (Å²) in [5.41, 5.74) is 0. The average Bonchev–Trinajstić information content (AvgIpc) is 1.78. The van der Waals surface area contributed by atoms with Gasteiger partial charge in [0.2, 0.25) is 6.69 Å². The molecule has 10 heavy (non-hydrogen) atoms. The first-order valence-electron chi connectivity index (χ1n) is 3.50.